The molecule has 0 spiro atoms. The number of nitrogens with zero attached hydrogens (tertiary/aromatic N) is 1. The topological polar surface area (TPSA) is 50.8 Å². The summed E-state index contributed by atoms with van der Waals surface area (Å²) in [7, 11) is 1.73. The monoisotopic (exact) mass is 348 g/mol. The van der Waals surface area contributed by atoms with E-state index in [2.05, 4.69) is 21.4 Å². The normalized spacial score (nSPS) is 19.2. The zero-order valence-electron chi connectivity index (χ0n) is 10.7. The molecule has 1 aromatic rings. The molecule has 1 unspecified atom stereocenters. The molecule has 2 amide bonds. The largest absolute Gasteiger partial charge is 0.350 e. The van der Waals surface area contributed by atoms with Crippen molar-refractivity contribution in [3.05, 3.63) is 20.8 Å². The average Bonchev–Trinajstić information content (AvgIpc) is 2.82. The number of amides is 2. The van der Waals surface area contributed by atoms with Crippen LogP contribution in [0.25, 0.3) is 0 Å². The zero-order valence-corrected chi connectivity index (χ0v) is 13.1. The van der Waals surface area contributed by atoms with Crippen LogP contribution in [-0.2, 0) is 16.1 Å². The summed E-state index contributed by atoms with van der Waals surface area (Å²) in [4.78, 5) is 19.7. The second-order valence-corrected chi connectivity index (χ2v) is 6.93. The molecular formula is C12H17BrN2O3S. The van der Waals surface area contributed by atoms with Gasteiger partial charge in [0.15, 0.2) is 6.29 Å². The highest BCUT2D eigenvalue weighted by Crippen LogP contribution is 2.23. The van der Waals surface area contributed by atoms with Gasteiger partial charge in [0.25, 0.3) is 0 Å². The quantitative estimate of drug-likeness (QED) is 0.850. The Morgan fingerprint density at radius 3 is 3.11 bits per heavy atom. The first-order chi connectivity index (χ1) is 9.15. The molecule has 1 aliphatic rings. The highest BCUT2D eigenvalue weighted by molar-refractivity contribution is 9.11. The molecule has 1 aromatic heterocycles. The number of ether oxygens (including phenoxy) is 1. The summed E-state index contributed by atoms with van der Waals surface area (Å²) >= 11 is 5.01. The van der Waals surface area contributed by atoms with Gasteiger partial charge >= 0.3 is 6.03 Å². The van der Waals surface area contributed by atoms with Gasteiger partial charge in [0.1, 0.15) is 0 Å². The Labute approximate surface area is 125 Å². The molecule has 0 radical (unpaired) electrons. The van der Waals surface area contributed by atoms with Gasteiger partial charge in [-0.3, -0.25) is 0 Å². The Morgan fingerprint density at radius 1 is 1.63 bits per heavy atom. The second kappa shape index (κ2) is 7.23. The van der Waals surface area contributed by atoms with E-state index in [1.807, 2.05) is 12.1 Å². The molecule has 0 saturated carbocycles. The number of rotatable bonds is 4. The fourth-order valence-corrected chi connectivity index (χ4v) is 3.28. The summed E-state index contributed by atoms with van der Waals surface area (Å²) in [6, 6.07) is 3.69. The minimum absolute atomic E-state index is 0.265. The van der Waals surface area contributed by atoms with Gasteiger partial charge in [-0.15, -0.1) is 11.3 Å². The molecule has 2 heterocycles. The number of halogens is 1. The van der Waals surface area contributed by atoms with E-state index in [-0.39, 0.29) is 12.3 Å². The van der Waals surface area contributed by atoms with Crippen molar-refractivity contribution >= 4 is 33.3 Å². The lowest BCUT2D eigenvalue weighted by molar-refractivity contribution is -0.187. The van der Waals surface area contributed by atoms with Crippen molar-refractivity contribution in [3.8, 4) is 0 Å². The summed E-state index contributed by atoms with van der Waals surface area (Å²) in [5.41, 5.74) is 2.43. The maximum absolute atomic E-state index is 11.8. The van der Waals surface area contributed by atoms with E-state index in [1.165, 1.54) is 0 Å². The lowest BCUT2D eigenvalue weighted by Gasteiger charge is -2.24. The Morgan fingerprint density at radius 2 is 2.47 bits per heavy atom. The molecule has 5 nitrogen and oxygen atoms in total. The lowest BCUT2D eigenvalue weighted by Crippen LogP contribution is -2.40. The third-order valence-corrected chi connectivity index (χ3v) is 4.39. The molecule has 0 bridgehead atoms. The second-order valence-electron chi connectivity index (χ2n) is 4.38. The highest BCUT2D eigenvalue weighted by Gasteiger charge is 2.17. The van der Waals surface area contributed by atoms with Gasteiger partial charge in [-0.1, -0.05) is 0 Å². The minimum atomic E-state index is -0.318. The molecule has 106 valence electrons. The summed E-state index contributed by atoms with van der Waals surface area (Å²) < 4.78 is 6.43. The number of hydroxylamine groups is 1. The fourth-order valence-electron chi connectivity index (χ4n) is 1.74. The summed E-state index contributed by atoms with van der Waals surface area (Å²) in [6.45, 7) is 1.25. The Kier molecular flexibility index (Phi) is 5.62. The van der Waals surface area contributed by atoms with Crippen LogP contribution < -0.4 is 5.48 Å². The van der Waals surface area contributed by atoms with Gasteiger partial charge < -0.3 is 9.64 Å². The van der Waals surface area contributed by atoms with E-state index in [9.17, 15) is 4.79 Å². The first-order valence-corrected chi connectivity index (χ1v) is 7.78. The number of carbonyl (C=O) groups excluding carboxylic acids is 1. The molecule has 1 aliphatic heterocycles. The van der Waals surface area contributed by atoms with Crippen LogP contribution in [0.2, 0.25) is 0 Å². The van der Waals surface area contributed by atoms with E-state index < -0.39 is 0 Å². The van der Waals surface area contributed by atoms with Gasteiger partial charge in [0.2, 0.25) is 0 Å². The summed E-state index contributed by atoms with van der Waals surface area (Å²) in [6.07, 6.45) is 2.63. The number of carbonyl (C=O) groups is 1. The van der Waals surface area contributed by atoms with Crippen LogP contribution in [0.1, 0.15) is 24.1 Å². The number of urea groups is 1. The number of hydrogen-bond donors (Lipinski definition) is 1. The standard InChI is InChI=1S/C12H17BrN2O3S/c1-15(8-9-5-6-10(13)19-9)12(16)14-18-11-4-2-3-7-17-11/h5-6,11H,2-4,7-8H2,1H3,(H,14,16). The minimum Gasteiger partial charge on any atom is -0.350 e. The number of thiophene rings is 1. The fraction of sp³-hybridized carbons (Fsp3) is 0.583. The number of nitrogens with one attached hydrogen (secondary N) is 1. The Hall–Kier alpha value is -0.630. The zero-order chi connectivity index (χ0) is 13.7. The van der Waals surface area contributed by atoms with Crippen molar-refractivity contribution in [3.63, 3.8) is 0 Å². The molecule has 7 heteroatoms. The Bertz CT molecular complexity index is 421. The van der Waals surface area contributed by atoms with E-state index in [4.69, 9.17) is 9.57 Å². The first-order valence-electron chi connectivity index (χ1n) is 6.18. The molecule has 1 fully saturated rings. The maximum Gasteiger partial charge on any atom is 0.341 e. The van der Waals surface area contributed by atoms with Crippen molar-refractivity contribution in [2.45, 2.75) is 32.1 Å². The van der Waals surface area contributed by atoms with Crippen LogP contribution >= 0.6 is 27.3 Å². The third-order valence-electron chi connectivity index (χ3n) is 2.78. The molecule has 1 N–H and O–H groups in total. The van der Waals surface area contributed by atoms with E-state index in [0.29, 0.717) is 13.2 Å². The molecule has 19 heavy (non-hydrogen) atoms. The summed E-state index contributed by atoms with van der Waals surface area (Å²) in [5, 5.41) is 0. The van der Waals surface area contributed by atoms with Gasteiger partial charge in [-0.05, 0) is 40.9 Å². The molecule has 1 saturated heterocycles. The molecule has 0 aliphatic carbocycles. The van der Waals surface area contributed by atoms with Crippen LogP contribution in [0.4, 0.5) is 4.79 Å². The highest BCUT2D eigenvalue weighted by atomic mass is 79.9. The molecule has 1 atom stereocenters. The molecule has 0 aromatic carbocycles. The predicted octanol–water partition coefficient (Wildman–Crippen LogP) is 3.11. The number of hydrogen-bond acceptors (Lipinski definition) is 4. The van der Waals surface area contributed by atoms with Gasteiger partial charge in [-0.25, -0.2) is 15.1 Å². The van der Waals surface area contributed by atoms with Gasteiger partial charge in [0.05, 0.1) is 10.3 Å². The molecular weight excluding hydrogens is 332 g/mol. The predicted molar refractivity (Wildman–Crippen MR) is 76.7 cm³/mol. The van der Waals surface area contributed by atoms with E-state index in [1.54, 1.807) is 23.3 Å². The SMILES string of the molecule is CN(Cc1ccc(Br)s1)C(=O)NOC1CCCCO1. The van der Waals surface area contributed by atoms with E-state index >= 15 is 0 Å². The summed E-state index contributed by atoms with van der Waals surface area (Å²) in [5.74, 6) is 0. The van der Waals surface area contributed by atoms with Crippen molar-refractivity contribution < 1.29 is 14.4 Å². The third kappa shape index (κ3) is 4.76. The average molecular weight is 349 g/mol. The smallest absolute Gasteiger partial charge is 0.341 e. The van der Waals surface area contributed by atoms with Crippen LogP contribution in [0.5, 0.6) is 0 Å². The van der Waals surface area contributed by atoms with Crippen LogP contribution in [0, 0.1) is 0 Å². The maximum atomic E-state index is 11.8. The van der Waals surface area contributed by atoms with Crippen molar-refractivity contribution in [2.24, 2.45) is 0 Å². The van der Waals surface area contributed by atoms with Crippen molar-refractivity contribution in [2.75, 3.05) is 13.7 Å². The van der Waals surface area contributed by atoms with E-state index in [0.717, 1.165) is 27.9 Å². The van der Waals surface area contributed by atoms with Crippen LogP contribution in [-0.4, -0.2) is 30.9 Å². The molecule has 2 rings (SSSR count). The van der Waals surface area contributed by atoms with Crippen molar-refractivity contribution in [1.82, 2.24) is 10.4 Å². The first kappa shape index (κ1) is 14.8. The van der Waals surface area contributed by atoms with Crippen LogP contribution in [0.3, 0.4) is 0 Å². The Balaban J connectivity index is 1.72. The van der Waals surface area contributed by atoms with Crippen LogP contribution in [0.15, 0.2) is 15.9 Å². The van der Waals surface area contributed by atoms with Gasteiger partial charge in [-0.2, -0.15) is 0 Å². The van der Waals surface area contributed by atoms with Gasteiger partial charge in [0, 0.05) is 25.0 Å². The lowest BCUT2D eigenvalue weighted by atomic mass is 10.2. The van der Waals surface area contributed by atoms with Crippen molar-refractivity contribution in [1.29, 1.82) is 0 Å².